The Labute approximate surface area is 202 Å². The minimum absolute atomic E-state index is 0.126. The molecule has 4 rings (SSSR count). The van der Waals surface area contributed by atoms with Crippen LogP contribution >= 0.6 is 0 Å². The van der Waals surface area contributed by atoms with E-state index in [4.69, 9.17) is 0 Å². The monoisotopic (exact) mass is 500 g/mol. The summed E-state index contributed by atoms with van der Waals surface area (Å²) in [5.74, 6) is -0.448. The van der Waals surface area contributed by atoms with E-state index in [1.54, 1.807) is 27.1 Å². The Kier molecular flexibility index (Phi) is 6.35. The molecule has 0 saturated carbocycles. The van der Waals surface area contributed by atoms with E-state index in [9.17, 15) is 27.2 Å². The summed E-state index contributed by atoms with van der Waals surface area (Å²) < 4.78 is 54.8. The zero-order valence-corrected chi connectivity index (χ0v) is 19.3. The van der Waals surface area contributed by atoms with Crippen molar-refractivity contribution in [3.8, 4) is 11.1 Å². The van der Waals surface area contributed by atoms with Gasteiger partial charge in [0.25, 0.3) is 5.56 Å². The van der Waals surface area contributed by atoms with Crippen LogP contribution in [0, 0.1) is 12.7 Å². The number of anilines is 3. The molecule has 8 nitrogen and oxygen atoms in total. The zero-order valence-electron chi connectivity index (χ0n) is 19.3. The Hall–Kier alpha value is -4.48. The number of fused-ring (bicyclic) bond motifs is 1. The molecular formula is C24H20F4N6O2. The smallest absolute Gasteiger partial charge is 0.357 e. The first-order valence-corrected chi connectivity index (χ1v) is 10.6. The lowest BCUT2D eigenvalue weighted by molar-refractivity contribution is -0.137. The minimum Gasteiger partial charge on any atom is -0.357 e. The number of amides is 2. The molecule has 0 fully saturated rings. The van der Waals surface area contributed by atoms with Gasteiger partial charge in [0, 0.05) is 36.9 Å². The third-order valence-electron chi connectivity index (χ3n) is 5.47. The number of benzene rings is 2. The van der Waals surface area contributed by atoms with Gasteiger partial charge in [-0.2, -0.15) is 18.2 Å². The van der Waals surface area contributed by atoms with Crippen molar-refractivity contribution in [2.45, 2.75) is 13.1 Å². The largest absolute Gasteiger partial charge is 0.416 e. The summed E-state index contributed by atoms with van der Waals surface area (Å²) in [6.45, 7) is 1.61. The molecule has 2 aromatic heterocycles. The van der Waals surface area contributed by atoms with Crippen LogP contribution in [0.4, 0.5) is 39.7 Å². The molecule has 0 radical (unpaired) electrons. The summed E-state index contributed by atoms with van der Waals surface area (Å²) in [6.07, 6.45) is -3.05. The standard InChI is InChI=1S/C24H20F4N6O2/c1-12-7-18(25)19(32-23(36)31-15-6-4-5-14(9-15)24(26,27)28)10-16(12)17-8-13-11-30-22(29-2)33-20(13)34(3)21(17)35/h4-11H,1-3H3,(H,29,30,33)(H2,31,32,36). The maximum atomic E-state index is 14.7. The molecule has 186 valence electrons. The van der Waals surface area contributed by atoms with Crippen LogP contribution in [-0.2, 0) is 13.2 Å². The molecule has 0 aliphatic rings. The summed E-state index contributed by atoms with van der Waals surface area (Å²) in [4.78, 5) is 34.0. The highest BCUT2D eigenvalue weighted by Gasteiger charge is 2.30. The topological polar surface area (TPSA) is 101 Å². The van der Waals surface area contributed by atoms with Crippen molar-refractivity contribution in [1.29, 1.82) is 0 Å². The molecule has 2 aromatic carbocycles. The van der Waals surface area contributed by atoms with Crippen molar-refractivity contribution in [1.82, 2.24) is 14.5 Å². The first kappa shape index (κ1) is 24.6. The van der Waals surface area contributed by atoms with Crippen LogP contribution in [0.3, 0.4) is 0 Å². The van der Waals surface area contributed by atoms with Crippen LogP contribution in [0.1, 0.15) is 11.1 Å². The minimum atomic E-state index is -4.59. The van der Waals surface area contributed by atoms with Crippen LogP contribution < -0.4 is 21.5 Å². The molecule has 0 bridgehead atoms. The average molecular weight is 500 g/mol. The summed E-state index contributed by atoms with van der Waals surface area (Å²) in [6, 6.07) is 7.10. The van der Waals surface area contributed by atoms with Gasteiger partial charge in [0.2, 0.25) is 5.95 Å². The number of rotatable bonds is 4. The molecule has 0 spiro atoms. The summed E-state index contributed by atoms with van der Waals surface area (Å²) in [5, 5.41) is 7.91. The van der Waals surface area contributed by atoms with E-state index in [0.29, 0.717) is 28.1 Å². The summed E-state index contributed by atoms with van der Waals surface area (Å²) in [7, 11) is 3.19. The van der Waals surface area contributed by atoms with E-state index < -0.39 is 29.1 Å². The van der Waals surface area contributed by atoms with Crippen molar-refractivity contribution in [2.24, 2.45) is 7.05 Å². The molecule has 36 heavy (non-hydrogen) atoms. The Morgan fingerprint density at radius 3 is 2.50 bits per heavy atom. The van der Waals surface area contributed by atoms with E-state index in [1.165, 1.54) is 22.9 Å². The molecule has 12 heteroatoms. The first-order valence-electron chi connectivity index (χ1n) is 10.6. The van der Waals surface area contributed by atoms with Crippen molar-refractivity contribution < 1.29 is 22.4 Å². The van der Waals surface area contributed by atoms with E-state index in [2.05, 4.69) is 25.9 Å². The van der Waals surface area contributed by atoms with Gasteiger partial charge >= 0.3 is 12.2 Å². The van der Waals surface area contributed by atoms with E-state index in [-0.39, 0.29) is 16.9 Å². The maximum Gasteiger partial charge on any atom is 0.416 e. The lowest BCUT2D eigenvalue weighted by atomic mass is 9.99. The Bertz CT molecular complexity index is 1550. The van der Waals surface area contributed by atoms with Gasteiger partial charge in [-0.3, -0.25) is 9.36 Å². The number of hydrogen-bond donors (Lipinski definition) is 3. The number of pyridine rings is 1. The highest BCUT2D eigenvalue weighted by atomic mass is 19.4. The number of aryl methyl sites for hydroxylation is 2. The quantitative estimate of drug-likeness (QED) is 0.337. The highest BCUT2D eigenvalue weighted by molar-refractivity contribution is 6.00. The summed E-state index contributed by atoms with van der Waals surface area (Å²) >= 11 is 0. The fourth-order valence-electron chi connectivity index (χ4n) is 3.68. The SMILES string of the molecule is CNc1ncc2cc(-c3cc(NC(=O)Nc4cccc(C(F)(F)F)c4)c(F)cc3C)c(=O)n(C)c2n1. The fraction of sp³-hybridized carbons (Fsp3) is 0.167. The molecular weight excluding hydrogens is 480 g/mol. The van der Waals surface area contributed by atoms with E-state index in [0.717, 1.165) is 24.3 Å². The van der Waals surface area contributed by atoms with Gasteiger partial charge in [-0.1, -0.05) is 6.07 Å². The van der Waals surface area contributed by atoms with Crippen LogP contribution in [0.25, 0.3) is 22.2 Å². The van der Waals surface area contributed by atoms with Gasteiger partial charge in [-0.05, 0) is 54.4 Å². The number of carbonyl (C=O) groups is 1. The molecule has 0 unspecified atom stereocenters. The van der Waals surface area contributed by atoms with Crippen LogP contribution in [0.2, 0.25) is 0 Å². The third-order valence-corrected chi connectivity index (χ3v) is 5.47. The zero-order chi connectivity index (χ0) is 26.2. The van der Waals surface area contributed by atoms with Crippen LogP contribution in [0.5, 0.6) is 0 Å². The highest BCUT2D eigenvalue weighted by Crippen LogP contribution is 2.31. The number of halogens is 4. The number of nitrogens with one attached hydrogen (secondary N) is 3. The number of hydrogen-bond acceptors (Lipinski definition) is 5. The van der Waals surface area contributed by atoms with Gasteiger partial charge in [0.05, 0.1) is 11.3 Å². The van der Waals surface area contributed by atoms with Crippen molar-refractivity contribution in [3.63, 3.8) is 0 Å². The Balaban J connectivity index is 1.68. The molecule has 0 saturated heterocycles. The normalized spacial score (nSPS) is 11.4. The fourth-order valence-corrected chi connectivity index (χ4v) is 3.68. The molecule has 0 atom stereocenters. The second-order valence-corrected chi connectivity index (χ2v) is 7.95. The Morgan fingerprint density at radius 2 is 1.81 bits per heavy atom. The molecule has 2 amide bonds. The van der Waals surface area contributed by atoms with Crippen molar-refractivity contribution >= 4 is 34.4 Å². The maximum absolute atomic E-state index is 14.7. The van der Waals surface area contributed by atoms with Gasteiger partial charge < -0.3 is 16.0 Å². The molecule has 2 heterocycles. The van der Waals surface area contributed by atoms with Gasteiger partial charge in [-0.25, -0.2) is 14.2 Å². The van der Waals surface area contributed by atoms with Gasteiger partial charge in [0.15, 0.2) is 0 Å². The second-order valence-electron chi connectivity index (χ2n) is 7.95. The first-order chi connectivity index (χ1) is 17.0. The molecule has 0 aliphatic carbocycles. The van der Waals surface area contributed by atoms with Crippen molar-refractivity contribution in [2.75, 3.05) is 23.0 Å². The van der Waals surface area contributed by atoms with Crippen LogP contribution in [-0.4, -0.2) is 27.6 Å². The predicted molar refractivity (Wildman–Crippen MR) is 129 cm³/mol. The van der Waals surface area contributed by atoms with Crippen molar-refractivity contribution in [3.05, 3.63) is 76.0 Å². The number of aromatic nitrogens is 3. The number of carbonyl (C=O) groups excluding carboxylic acids is 1. The van der Waals surface area contributed by atoms with E-state index in [1.807, 2.05) is 0 Å². The predicted octanol–water partition coefficient (Wildman–Crippen LogP) is 5.15. The van der Waals surface area contributed by atoms with Crippen LogP contribution in [0.15, 0.2) is 53.5 Å². The van der Waals surface area contributed by atoms with E-state index >= 15 is 0 Å². The third kappa shape index (κ3) is 4.83. The lowest BCUT2D eigenvalue weighted by Crippen LogP contribution is -2.22. The number of alkyl halides is 3. The number of urea groups is 1. The summed E-state index contributed by atoms with van der Waals surface area (Å²) in [5.41, 5.74) is -0.333. The second kappa shape index (κ2) is 9.29. The lowest BCUT2D eigenvalue weighted by Gasteiger charge is -2.14. The molecule has 0 aliphatic heterocycles. The van der Waals surface area contributed by atoms with Gasteiger partial charge in [0.1, 0.15) is 11.5 Å². The van der Waals surface area contributed by atoms with Gasteiger partial charge in [-0.15, -0.1) is 0 Å². The average Bonchev–Trinajstić information content (AvgIpc) is 2.82. The molecule has 4 aromatic rings. The Morgan fingerprint density at radius 1 is 1.06 bits per heavy atom. The number of nitrogens with zero attached hydrogens (tertiary/aromatic N) is 3. The molecule has 3 N–H and O–H groups in total.